The van der Waals surface area contributed by atoms with Crippen LogP contribution in [0.2, 0.25) is 0 Å². The molecule has 1 aliphatic carbocycles. The van der Waals surface area contributed by atoms with E-state index in [2.05, 4.69) is 51.8 Å². The molecule has 1 aromatic heterocycles. The van der Waals surface area contributed by atoms with Crippen molar-refractivity contribution < 1.29 is 9.90 Å². The molecule has 1 atom stereocenters. The Hall–Kier alpha value is -2.31. The number of aromatic nitrogens is 2. The van der Waals surface area contributed by atoms with E-state index < -0.39 is 6.10 Å². The summed E-state index contributed by atoms with van der Waals surface area (Å²) in [4.78, 5) is 19.5. The number of rotatable bonds is 7. The van der Waals surface area contributed by atoms with E-state index in [9.17, 15) is 9.90 Å². The normalized spacial score (nSPS) is 15.4. The van der Waals surface area contributed by atoms with Gasteiger partial charge in [-0.2, -0.15) is 0 Å². The number of hydrogen-bond donors (Lipinski definition) is 3. The van der Waals surface area contributed by atoms with E-state index >= 15 is 0 Å². The van der Waals surface area contributed by atoms with Gasteiger partial charge in [0.2, 0.25) is 0 Å². The Morgan fingerprint density at radius 2 is 2.26 bits per heavy atom. The minimum absolute atomic E-state index is 0.167. The van der Waals surface area contributed by atoms with Crippen molar-refractivity contribution in [1.82, 2.24) is 20.6 Å². The van der Waals surface area contributed by atoms with E-state index in [-0.39, 0.29) is 18.1 Å². The zero-order chi connectivity index (χ0) is 16.5. The topological polar surface area (TPSA) is 87.1 Å². The predicted octanol–water partition coefficient (Wildman–Crippen LogP) is 0.989. The van der Waals surface area contributed by atoms with Crippen molar-refractivity contribution in [3.8, 4) is 0 Å². The summed E-state index contributed by atoms with van der Waals surface area (Å²) >= 11 is 0. The second kappa shape index (κ2) is 8.97. The third-order valence-corrected chi connectivity index (χ3v) is 3.33. The number of aliphatic hydroxyl groups excluding tert-OH is 1. The van der Waals surface area contributed by atoms with Crippen LogP contribution in [0.25, 0.3) is 0 Å². The third kappa shape index (κ3) is 6.14. The fourth-order valence-corrected chi connectivity index (χ4v) is 2.18. The molecule has 0 radical (unpaired) electrons. The van der Waals surface area contributed by atoms with E-state index in [4.69, 9.17) is 0 Å². The van der Waals surface area contributed by atoms with Crippen LogP contribution in [0.3, 0.4) is 0 Å². The first-order valence-electron chi connectivity index (χ1n) is 7.61. The molecule has 2 rings (SSSR count). The first-order valence-corrected chi connectivity index (χ1v) is 7.61. The molecule has 1 heterocycles. The highest BCUT2D eigenvalue weighted by Crippen LogP contribution is 2.10. The van der Waals surface area contributed by atoms with Crippen LogP contribution in [0.15, 0.2) is 54.0 Å². The molecule has 0 bridgehead atoms. The van der Waals surface area contributed by atoms with Crippen LogP contribution in [-0.2, 0) is 0 Å². The highest BCUT2D eigenvalue weighted by Gasteiger charge is 2.10. The average molecular weight is 314 g/mol. The molecule has 0 fully saturated rings. The van der Waals surface area contributed by atoms with Gasteiger partial charge < -0.3 is 15.7 Å². The minimum atomic E-state index is -0.658. The first kappa shape index (κ1) is 17.1. The Balaban J connectivity index is 1.67. The molecule has 6 nitrogen and oxygen atoms in total. The summed E-state index contributed by atoms with van der Waals surface area (Å²) in [7, 11) is 0. The smallest absolute Gasteiger partial charge is 0.271 e. The number of aliphatic hydroxyl groups is 1. The lowest BCUT2D eigenvalue weighted by molar-refractivity contribution is 0.0910. The number of nitrogens with zero attached hydrogens (tertiary/aromatic N) is 2. The van der Waals surface area contributed by atoms with Crippen LogP contribution >= 0.6 is 0 Å². The van der Waals surface area contributed by atoms with Crippen molar-refractivity contribution in [3.63, 3.8) is 0 Å². The van der Waals surface area contributed by atoms with Gasteiger partial charge in [-0.1, -0.05) is 35.5 Å². The van der Waals surface area contributed by atoms with Gasteiger partial charge in [0.15, 0.2) is 0 Å². The fraction of sp³-hybridized carbons (Fsp3) is 0.353. The van der Waals surface area contributed by atoms with Gasteiger partial charge in [-0.25, -0.2) is 4.98 Å². The van der Waals surface area contributed by atoms with Gasteiger partial charge in [-0.3, -0.25) is 9.78 Å². The SMILES string of the molecule is CC1=CC=CCC(CNCC(O)CNC(=O)c2cnccn2)=C1. The maximum Gasteiger partial charge on any atom is 0.271 e. The van der Waals surface area contributed by atoms with Crippen LogP contribution in [0, 0.1) is 0 Å². The molecule has 0 spiro atoms. The number of carbonyl (C=O) groups is 1. The average Bonchev–Trinajstić information content (AvgIpc) is 2.77. The van der Waals surface area contributed by atoms with Crippen LogP contribution in [0.1, 0.15) is 23.8 Å². The van der Waals surface area contributed by atoms with Crippen molar-refractivity contribution in [2.45, 2.75) is 19.4 Å². The predicted molar refractivity (Wildman–Crippen MR) is 88.8 cm³/mol. The Bertz CT molecular complexity index is 608. The van der Waals surface area contributed by atoms with E-state index in [0.29, 0.717) is 13.1 Å². The van der Waals surface area contributed by atoms with Crippen molar-refractivity contribution >= 4 is 5.91 Å². The van der Waals surface area contributed by atoms with Crippen molar-refractivity contribution in [3.05, 3.63) is 59.7 Å². The lowest BCUT2D eigenvalue weighted by atomic mass is 10.1. The lowest BCUT2D eigenvalue weighted by Crippen LogP contribution is -2.38. The molecular formula is C17H22N4O2. The molecule has 0 aromatic carbocycles. The highest BCUT2D eigenvalue weighted by atomic mass is 16.3. The fourth-order valence-electron chi connectivity index (χ4n) is 2.18. The number of nitrogens with one attached hydrogen (secondary N) is 2. The molecule has 122 valence electrons. The summed E-state index contributed by atoms with van der Waals surface area (Å²) in [5.74, 6) is -0.338. The largest absolute Gasteiger partial charge is 0.390 e. The second-order valence-corrected chi connectivity index (χ2v) is 5.43. The van der Waals surface area contributed by atoms with Gasteiger partial charge in [0, 0.05) is 32.0 Å². The Morgan fingerprint density at radius 3 is 3.04 bits per heavy atom. The third-order valence-electron chi connectivity index (χ3n) is 3.33. The molecule has 1 unspecified atom stereocenters. The van der Waals surface area contributed by atoms with Gasteiger partial charge in [-0.05, 0) is 13.3 Å². The summed E-state index contributed by atoms with van der Waals surface area (Å²) in [6.45, 7) is 3.35. The summed E-state index contributed by atoms with van der Waals surface area (Å²) in [5.41, 5.74) is 2.72. The molecule has 0 saturated carbocycles. The zero-order valence-electron chi connectivity index (χ0n) is 13.2. The van der Waals surface area contributed by atoms with E-state index in [1.165, 1.54) is 29.7 Å². The standard InChI is InChI=1S/C17H22N4O2/c1-13-4-2-3-5-14(8-13)9-19-10-15(22)11-21-17(23)16-12-18-6-7-20-16/h2-4,6-8,12,15,19,22H,5,9-11H2,1H3,(H,21,23). The number of amides is 1. The minimum Gasteiger partial charge on any atom is -0.390 e. The van der Waals surface area contributed by atoms with E-state index in [0.717, 1.165) is 6.42 Å². The van der Waals surface area contributed by atoms with E-state index in [1.807, 2.05) is 0 Å². The molecular weight excluding hydrogens is 292 g/mol. The lowest BCUT2D eigenvalue weighted by Gasteiger charge is -2.13. The molecule has 1 aliphatic rings. The number of hydrogen-bond acceptors (Lipinski definition) is 5. The summed E-state index contributed by atoms with van der Waals surface area (Å²) < 4.78 is 0. The van der Waals surface area contributed by atoms with Gasteiger partial charge in [0.25, 0.3) is 5.91 Å². The monoisotopic (exact) mass is 314 g/mol. The zero-order valence-corrected chi connectivity index (χ0v) is 13.2. The molecule has 0 aliphatic heterocycles. The molecule has 23 heavy (non-hydrogen) atoms. The van der Waals surface area contributed by atoms with Crippen molar-refractivity contribution in [1.29, 1.82) is 0 Å². The maximum atomic E-state index is 11.8. The Morgan fingerprint density at radius 1 is 1.39 bits per heavy atom. The summed E-state index contributed by atoms with van der Waals surface area (Å²) in [6, 6.07) is 0. The number of carbonyl (C=O) groups excluding carboxylic acids is 1. The highest BCUT2D eigenvalue weighted by molar-refractivity contribution is 5.91. The summed E-state index contributed by atoms with van der Waals surface area (Å²) in [6.07, 6.45) is 13.0. The number of allylic oxidation sites excluding steroid dienone is 5. The van der Waals surface area contributed by atoms with Crippen LogP contribution in [0.5, 0.6) is 0 Å². The molecule has 0 saturated heterocycles. The van der Waals surface area contributed by atoms with Crippen LogP contribution in [-0.4, -0.2) is 46.7 Å². The maximum absolute atomic E-state index is 11.8. The van der Waals surface area contributed by atoms with Crippen molar-refractivity contribution in [2.24, 2.45) is 0 Å². The molecule has 3 N–H and O–H groups in total. The summed E-state index contributed by atoms with van der Waals surface area (Å²) in [5, 5.41) is 15.8. The van der Waals surface area contributed by atoms with Crippen LogP contribution in [0.4, 0.5) is 0 Å². The van der Waals surface area contributed by atoms with Crippen molar-refractivity contribution in [2.75, 3.05) is 19.6 Å². The Kier molecular flexibility index (Phi) is 6.65. The van der Waals surface area contributed by atoms with Gasteiger partial charge in [0.05, 0.1) is 12.3 Å². The quantitative estimate of drug-likeness (QED) is 0.698. The molecule has 1 aromatic rings. The first-order chi connectivity index (χ1) is 11.1. The van der Waals surface area contributed by atoms with Gasteiger partial charge in [-0.15, -0.1) is 0 Å². The van der Waals surface area contributed by atoms with E-state index in [1.54, 1.807) is 0 Å². The van der Waals surface area contributed by atoms with Gasteiger partial charge >= 0.3 is 0 Å². The Labute approximate surface area is 136 Å². The molecule has 1 amide bonds. The van der Waals surface area contributed by atoms with Crippen LogP contribution < -0.4 is 10.6 Å². The molecule has 6 heteroatoms. The van der Waals surface area contributed by atoms with Gasteiger partial charge in [0.1, 0.15) is 5.69 Å². The second-order valence-electron chi connectivity index (χ2n) is 5.43.